The van der Waals surface area contributed by atoms with Crippen LogP contribution in [0.4, 0.5) is 10.1 Å². The minimum atomic E-state index is -0.622. The van der Waals surface area contributed by atoms with Crippen LogP contribution in [0.5, 0.6) is 0 Å². The molecule has 4 rings (SSSR count). The van der Waals surface area contributed by atoms with Gasteiger partial charge in [0.15, 0.2) is 5.69 Å². The Kier molecular flexibility index (Phi) is 4.16. The lowest BCUT2D eigenvalue weighted by atomic mass is 10.1. The molecular weight excluding hydrogens is 345 g/mol. The molecule has 0 saturated carbocycles. The second kappa shape index (κ2) is 6.64. The largest absolute Gasteiger partial charge is 0.320 e. The summed E-state index contributed by atoms with van der Waals surface area (Å²) in [7, 11) is 0. The summed E-state index contributed by atoms with van der Waals surface area (Å²) in [6.07, 6.45) is 0. The molecule has 0 fully saturated rings. The third kappa shape index (κ3) is 3.06. The molecule has 1 N–H and O–H groups in total. The van der Waals surface area contributed by atoms with Crippen molar-refractivity contribution >= 4 is 33.3 Å². The highest BCUT2D eigenvalue weighted by atomic mass is 19.1. The number of nitrogens with zero attached hydrogens (tertiary/aromatic N) is 2. The van der Waals surface area contributed by atoms with Gasteiger partial charge < -0.3 is 5.32 Å². The number of aromatic nitrogens is 2. The molecule has 0 aliphatic heterocycles. The van der Waals surface area contributed by atoms with Crippen molar-refractivity contribution in [2.45, 2.75) is 13.5 Å². The summed E-state index contributed by atoms with van der Waals surface area (Å²) < 4.78 is 15.1. The average molecular weight is 361 g/mol. The number of nitrogens with one attached hydrogen (secondary N) is 1. The predicted molar refractivity (Wildman–Crippen MR) is 104 cm³/mol. The maximum atomic E-state index is 13.6. The van der Waals surface area contributed by atoms with Crippen LogP contribution in [0.1, 0.15) is 17.4 Å². The molecule has 0 unspecified atom stereocenters. The number of hydrogen-bond donors (Lipinski definition) is 1. The van der Waals surface area contributed by atoms with Crippen LogP contribution in [0.3, 0.4) is 0 Å². The third-order valence-corrected chi connectivity index (χ3v) is 4.44. The Balaban J connectivity index is 1.77. The van der Waals surface area contributed by atoms with E-state index in [4.69, 9.17) is 0 Å². The van der Waals surface area contributed by atoms with Gasteiger partial charge in [0.25, 0.3) is 5.91 Å². The smallest absolute Gasteiger partial charge is 0.280 e. The van der Waals surface area contributed by atoms with Crippen molar-refractivity contribution in [1.29, 1.82) is 0 Å². The quantitative estimate of drug-likeness (QED) is 0.601. The van der Waals surface area contributed by atoms with Gasteiger partial charge in [0.2, 0.25) is 5.43 Å². The van der Waals surface area contributed by atoms with Gasteiger partial charge >= 0.3 is 0 Å². The first kappa shape index (κ1) is 16.9. The van der Waals surface area contributed by atoms with Gasteiger partial charge in [-0.05, 0) is 48.0 Å². The van der Waals surface area contributed by atoms with E-state index in [2.05, 4.69) is 10.4 Å². The van der Waals surface area contributed by atoms with Crippen LogP contribution < -0.4 is 10.7 Å². The molecule has 0 spiro atoms. The van der Waals surface area contributed by atoms with E-state index in [9.17, 15) is 14.0 Å². The Morgan fingerprint density at radius 2 is 1.85 bits per heavy atom. The zero-order valence-corrected chi connectivity index (χ0v) is 14.6. The molecule has 0 radical (unpaired) electrons. The van der Waals surface area contributed by atoms with Crippen molar-refractivity contribution < 1.29 is 9.18 Å². The van der Waals surface area contributed by atoms with Gasteiger partial charge in [-0.15, -0.1) is 0 Å². The number of amides is 1. The molecule has 27 heavy (non-hydrogen) atoms. The number of benzene rings is 3. The summed E-state index contributed by atoms with van der Waals surface area (Å²) in [6.45, 7) is 2.28. The molecule has 4 aromatic rings. The van der Waals surface area contributed by atoms with Crippen molar-refractivity contribution in [2.24, 2.45) is 0 Å². The van der Waals surface area contributed by atoms with Gasteiger partial charge in [-0.2, -0.15) is 5.10 Å². The molecule has 134 valence electrons. The fourth-order valence-electron chi connectivity index (χ4n) is 3.11. The zero-order valence-electron chi connectivity index (χ0n) is 14.6. The molecule has 5 nitrogen and oxygen atoms in total. The van der Waals surface area contributed by atoms with E-state index in [0.717, 1.165) is 16.8 Å². The first-order chi connectivity index (χ1) is 13.1. The van der Waals surface area contributed by atoms with E-state index in [1.807, 2.05) is 43.3 Å². The number of carbonyl (C=O) groups excluding carboxylic acids is 1. The van der Waals surface area contributed by atoms with Gasteiger partial charge in [0, 0.05) is 12.2 Å². The Labute approximate surface area is 154 Å². The minimum absolute atomic E-state index is 0.135. The molecule has 0 aliphatic carbocycles. The second-order valence-electron chi connectivity index (χ2n) is 6.17. The first-order valence-corrected chi connectivity index (χ1v) is 8.57. The summed E-state index contributed by atoms with van der Waals surface area (Å²) in [6, 6.07) is 17.1. The summed E-state index contributed by atoms with van der Waals surface area (Å²) in [5.41, 5.74) is 0.198. The molecular formula is C21H16FN3O2. The second-order valence-corrected chi connectivity index (χ2v) is 6.17. The Hall–Kier alpha value is -3.54. The topological polar surface area (TPSA) is 64.0 Å². The van der Waals surface area contributed by atoms with Crippen LogP contribution in [-0.2, 0) is 6.54 Å². The van der Waals surface area contributed by atoms with Crippen molar-refractivity contribution in [3.8, 4) is 0 Å². The molecule has 0 bridgehead atoms. The third-order valence-electron chi connectivity index (χ3n) is 4.44. The standard InChI is InChI=1S/C21H16FN3O2/c1-2-25-18-10-8-15(22)12-17(18)20(26)19(24-25)21(27)23-16-9-7-13-5-3-4-6-14(13)11-16/h3-12H,2H2,1H3,(H,23,27). The van der Waals surface area contributed by atoms with Crippen LogP contribution in [0, 0.1) is 5.82 Å². The van der Waals surface area contributed by atoms with Gasteiger partial charge in [-0.1, -0.05) is 30.3 Å². The molecule has 6 heteroatoms. The SMILES string of the molecule is CCn1nc(C(=O)Nc2ccc3ccccc3c2)c(=O)c2cc(F)ccc21. The molecule has 1 heterocycles. The Morgan fingerprint density at radius 1 is 1.07 bits per heavy atom. The number of anilines is 1. The number of fused-ring (bicyclic) bond motifs is 2. The van der Waals surface area contributed by atoms with E-state index in [1.54, 1.807) is 6.07 Å². The van der Waals surface area contributed by atoms with E-state index >= 15 is 0 Å². The van der Waals surface area contributed by atoms with Crippen LogP contribution in [0.2, 0.25) is 0 Å². The summed E-state index contributed by atoms with van der Waals surface area (Å²) in [4.78, 5) is 25.4. The molecule has 0 saturated heterocycles. The number of rotatable bonds is 3. The fourth-order valence-corrected chi connectivity index (χ4v) is 3.11. The highest BCUT2D eigenvalue weighted by Crippen LogP contribution is 2.19. The number of halogens is 1. The van der Waals surface area contributed by atoms with E-state index < -0.39 is 17.2 Å². The number of aryl methyl sites for hydroxylation is 1. The normalized spacial score (nSPS) is 11.0. The van der Waals surface area contributed by atoms with Crippen LogP contribution in [0.15, 0.2) is 65.5 Å². The van der Waals surface area contributed by atoms with Crippen molar-refractivity contribution in [3.05, 3.63) is 82.4 Å². The number of carbonyl (C=O) groups is 1. The predicted octanol–water partition coefficient (Wildman–Crippen LogP) is 3.96. The maximum absolute atomic E-state index is 13.6. The zero-order chi connectivity index (χ0) is 19.0. The molecule has 1 amide bonds. The molecule has 0 aliphatic rings. The molecule has 3 aromatic carbocycles. The minimum Gasteiger partial charge on any atom is -0.320 e. The van der Waals surface area contributed by atoms with Crippen LogP contribution in [-0.4, -0.2) is 15.7 Å². The van der Waals surface area contributed by atoms with Crippen molar-refractivity contribution in [2.75, 3.05) is 5.32 Å². The van der Waals surface area contributed by atoms with Crippen molar-refractivity contribution in [1.82, 2.24) is 9.78 Å². The monoisotopic (exact) mass is 361 g/mol. The van der Waals surface area contributed by atoms with Gasteiger partial charge in [-0.25, -0.2) is 4.39 Å². The Bertz CT molecular complexity index is 1250. The summed E-state index contributed by atoms with van der Waals surface area (Å²) in [5.74, 6) is -1.15. The lowest BCUT2D eigenvalue weighted by molar-refractivity contribution is 0.101. The average Bonchev–Trinajstić information content (AvgIpc) is 2.68. The van der Waals surface area contributed by atoms with Crippen LogP contribution in [0.25, 0.3) is 21.7 Å². The highest BCUT2D eigenvalue weighted by Gasteiger charge is 2.18. The van der Waals surface area contributed by atoms with E-state index in [1.165, 1.54) is 16.8 Å². The number of hydrogen-bond acceptors (Lipinski definition) is 3. The van der Waals surface area contributed by atoms with Gasteiger partial charge in [0.1, 0.15) is 5.82 Å². The van der Waals surface area contributed by atoms with E-state index in [-0.39, 0.29) is 11.1 Å². The molecule has 0 atom stereocenters. The lowest BCUT2D eigenvalue weighted by Crippen LogP contribution is -2.27. The first-order valence-electron chi connectivity index (χ1n) is 8.57. The van der Waals surface area contributed by atoms with Crippen LogP contribution >= 0.6 is 0 Å². The summed E-state index contributed by atoms with van der Waals surface area (Å²) in [5, 5.41) is 9.04. The Morgan fingerprint density at radius 3 is 2.63 bits per heavy atom. The molecule has 1 aromatic heterocycles. The lowest BCUT2D eigenvalue weighted by Gasteiger charge is -2.11. The van der Waals surface area contributed by atoms with Gasteiger partial charge in [-0.3, -0.25) is 14.3 Å². The summed E-state index contributed by atoms with van der Waals surface area (Å²) >= 11 is 0. The maximum Gasteiger partial charge on any atom is 0.280 e. The van der Waals surface area contributed by atoms with E-state index in [0.29, 0.717) is 17.7 Å². The van der Waals surface area contributed by atoms with Gasteiger partial charge in [0.05, 0.1) is 10.9 Å². The fraction of sp³-hybridized carbons (Fsp3) is 0.0952. The highest BCUT2D eigenvalue weighted by molar-refractivity contribution is 6.05. The van der Waals surface area contributed by atoms with Crippen molar-refractivity contribution in [3.63, 3.8) is 0 Å².